The molecule has 0 saturated carbocycles. The molecule has 0 spiro atoms. The fourth-order valence-electron chi connectivity index (χ4n) is 3.07. The van der Waals surface area contributed by atoms with Crippen molar-refractivity contribution in [2.75, 3.05) is 25.5 Å². The molecule has 0 unspecified atom stereocenters. The van der Waals surface area contributed by atoms with Crippen molar-refractivity contribution in [3.8, 4) is 0 Å². The number of anilines is 1. The summed E-state index contributed by atoms with van der Waals surface area (Å²) >= 11 is 0. The fourth-order valence-corrected chi connectivity index (χ4v) is 3.07. The summed E-state index contributed by atoms with van der Waals surface area (Å²) in [5.41, 5.74) is 3.13. The van der Waals surface area contributed by atoms with Crippen LogP contribution in [0.4, 0.5) is 5.82 Å². The van der Waals surface area contributed by atoms with Gasteiger partial charge in [0.2, 0.25) is 0 Å². The van der Waals surface area contributed by atoms with Gasteiger partial charge in [0.1, 0.15) is 11.6 Å². The summed E-state index contributed by atoms with van der Waals surface area (Å²) in [6, 6.07) is 12.2. The minimum atomic E-state index is 0. The number of fused-ring (bicyclic) bond motifs is 1. The molecule has 7 nitrogen and oxygen atoms in total. The summed E-state index contributed by atoms with van der Waals surface area (Å²) in [6.07, 6.45) is 1.69. The first-order valence-corrected chi connectivity index (χ1v) is 9.75. The number of guanidine groups is 1. The van der Waals surface area contributed by atoms with Crippen molar-refractivity contribution in [2.45, 2.75) is 33.2 Å². The molecule has 156 valence electrons. The highest BCUT2D eigenvalue weighted by molar-refractivity contribution is 14.0. The predicted molar refractivity (Wildman–Crippen MR) is 129 cm³/mol. The number of halogens is 1. The predicted octanol–water partition coefficient (Wildman–Crippen LogP) is 3.74. The van der Waals surface area contributed by atoms with E-state index in [1.807, 2.05) is 24.3 Å². The van der Waals surface area contributed by atoms with E-state index >= 15 is 0 Å². The monoisotopic (exact) mass is 508 g/mol. The Bertz CT molecular complexity index is 918. The molecule has 8 heteroatoms. The first-order valence-electron chi connectivity index (χ1n) is 9.75. The lowest BCUT2D eigenvalue weighted by molar-refractivity contribution is 0.380. The van der Waals surface area contributed by atoms with Crippen LogP contribution in [0.2, 0.25) is 0 Å². The minimum Gasteiger partial charge on any atom is -0.368 e. The molecule has 3 N–H and O–H groups in total. The van der Waals surface area contributed by atoms with Crippen LogP contribution in [0.5, 0.6) is 0 Å². The van der Waals surface area contributed by atoms with Crippen LogP contribution in [-0.4, -0.2) is 36.2 Å². The summed E-state index contributed by atoms with van der Waals surface area (Å²) in [6.45, 7) is 6.26. The Morgan fingerprint density at radius 2 is 1.86 bits per heavy atom. The van der Waals surface area contributed by atoms with Gasteiger partial charge in [0.25, 0.3) is 0 Å². The minimum absolute atomic E-state index is 0. The molecule has 29 heavy (non-hydrogen) atoms. The lowest BCUT2D eigenvalue weighted by Gasteiger charge is -2.13. The molecule has 0 atom stereocenters. The maximum atomic E-state index is 5.41. The van der Waals surface area contributed by atoms with Gasteiger partial charge in [-0.1, -0.05) is 37.2 Å². The molecule has 3 aromatic rings. The third kappa shape index (κ3) is 6.06. The van der Waals surface area contributed by atoms with Crippen molar-refractivity contribution in [1.82, 2.24) is 20.8 Å². The Balaban J connectivity index is 0.00000300. The summed E-state index contributed by atoms with van der Waals surface area (Å²) in [5.74, 6) is 2.55. The average Bonchev–Trinajstić information content (AvgIpc) is 3.15. The van der Waals surface area contributed by atoms with E-state index < -0.39 is 0 Å². The molecule has 2 aromatic heterocycles. The molecular weight excluding hydrogens is 479 g/mol. The summed E-state index contributed by atoms with van der Waals surface area (Å²) in [4.78, 5) is 8.90. The van der Waals surface area contributed by atoms with Gasteiger partial charge in [-0.15, -0.1) is 24.0 Å². The lowest BCUT2D eigenvalue weighted by atomic mass is 10.1. The van der Waals surface area contributed by atoms with Crippen LogP contribution in [0.25, 0.3) is 10.9 Å². The van der Waals surface area contributed by atoms with Gasteiger partial charge >= 0.3 is 0 Å². The molecule has 1 aromatic carbocycles. The third-order valence-electron chi connectivity index (χ3n) is 4.59. The second-order valence-corrected chi connectivity index (χ2v) is 6.41. The van der Waals surface area contributed by atoms with Gasteiger partial charge in [-0.25, -0.2) is 4.98 Å². The number of aliphatic imine (C=N–C) groups is 1. The first kappa shape index (κ1) is 22.9. The molecule has 0 radical (unpaired) electrons. The highest BCUT2D eigenvalue weighted by atomic mass is 127. The van der Waals surface area contributed by atoms with Gasteiger partial charge in [0.15, 0.2) is 5.96 Å². The van der Waals surface area contributed by atoms with Crippen molar-refractivity contribution in [3.63, 3.8) is 0 Å². The van der Waals surface area contributed by atoms with Crippen molar-refractivity contribution in [2.24, 2.45) is 4.99 Å². The fraction of sp³-hybridized carbons (Fsp3) is 0.381. The number of para-hydroxylation sites is 1. The molecule has 0 amide bonds. The van der Waals surface area contributed by atoms with E-state index in [0.29, 0.717) is 6.54 Å². The van der Waals surface area contributed by atoms with Gasteiger partial charge < -0.3 is 20.5 Å². The van der Waals surface area contributed by atoms with Crippen LogP contribution in [-0.2, 0) is 19.4 Å². The number of pyridine rings is 1. The molecule has 0 aliphatic carbocycles. The average molecular weight is 508 g/mol. The van der Waals surface area contributed by atoms with Crippen molar-refractivity contribution in [3.05, 3.63) is 53.4 Å². The van der Waals surface area contributed by atoms with Crippen LogP contribution < -0.4 is 16.0 Å². The smallest absolute Gasteiger partial charge is 0.191 e. The molecule has 0 saturated heterocycles. The van der Waals surface area contributed by atoms with E-state index in [9.17, 15) is 0 Å². The maximum absolute atomic E-state index is 5.41. The molecule has 3 rings (SSSR count). The van der Waals surface area contributed by atoms with Crippen molar-refractivity contribution < 1.29 is 4.52 Å². The van der Waals surface area contributed by atoms with Gasteiger partial charge in [0.05, 0.1) is 11.2 Å². The van der Waals surface area contributed by atoms with Crippen LogP contribution in [0.15, 0.2) is 45.9 Å². The number of nitrogens with one attached hydrogen (secondary N) is 3. The Labute approximate surface area is 188 Å². The Hall–Kier alpha value is -2.36. The number of hydrogen-bond donors (Lipinski definition) is 3. The lowest BCUT2D eigenvalue weighted by Crippen LogP contribution is -2.39. The first-order chi connectivity index (χ1) is 13.7. The van der Waals surface area contributed by atoms with Crippen LogP contribution in [0.3, 0.4) is 0 Å². The number of rotatable bonds is 8. The second kappa shape index (κ2) is 11.6. The van der Waals surface area contributed by atoms with Crippen LogP contribution >= 0.6 is 24.0 Å². The van der Waals surface area contributed by atoms with E-state index in [2.05, 4.69) is 57.1 Å². The molecule has 2 heterocycles. The van der Waals surface area contributed by atoms with Crippen molar-refractivity contribution >= 4 is 46.7 Å². The van der Waals surface area contributed by atoms with E-state index in [0.717, 1.165) is 65.6 Å². The zero-order valence-corrected chi connectivity index (χ0v) is 19.5. The topological polar surface area (TPSA) is 87.4 Å². The number of nitrogens with zero attached hydrogens (tertiary/aromatic N) is 3. The molecule has 0 aliphatic rings. The number of aryl methyl sites for hydroxylation is 2. The summed E-state index contributed by atoms with van der Waals surface area (Å²) in [5, 5.41) is 15.3. The standard InChI is InChI=1S/C21H28N6O.HI/c1-4-17-16(19(5-2)28-27-17)14-25-21(22-3)24-13-12-23-20-11-10-15-8-6-7-9-18(15)26-20;/h6-11H,4-5,12-14H2,1-3H3,(H,23,26)(H2,22,24,25);1H. The van der Waals surface area contributed by atoms with E-state index in [1.54, 1.807) is 7.05 Å². The molecule has 0 aliphatic heterocycles. The van der Waals surface area contributed by atoms with E-state index in [1.165, 1.54) is 0 Å². The molecular formula is C21H29IN6O. The molecule has 0 fully saturated rings. The van der Waals surface area contributed by atoms with E-state index in [-0.39, 0.29) is 24.0 Å². The SMILES string of the molecule is CCc1noc(CC)c1CNC(=NC)NCCNc1ccc2ccccc2n1.I. The van der Waals surface area contributed by atoms with Crippen molar-refractivity contribution in [1.29, 1.82) is 0 Å². The van der Waals surface area contributed by atoms with Gasteiger partial charge in [-0.3, -0.25) is 4.99 Å². The normalized spacial score (nSPS) is 11.2. The second-order valence-electron chi connectivity index (χ2n) is 6.41. The Morgan fingerprint density at radius 1 is 1.03 bits per heavy atom. The van der Waals surface area contributed by atoms with Crippen LogP contribution in [0.1, 0.15) is 30.9 Å². The zero-order chi connectivity index (χ0) is 19.8. The van der Waals surface area contributed by atoms with Gasteiger partial charge in [-0.05, 0) is 24.6 Å². The largest absolute Gasteiger partial charge is 0.368 e. The third-order valence-corrected chi connectivity index (χ3v) is 4.59. The van der Waals surface area contributed by atoms with Gasteiger partial charge in [-0.2, -0.15) is 0 Å². The van der Waals surface area contributed by atoms with Crippen LogP contribution in [0, 0.1) is 0 Å². The highest BCUT2D eigenvalue weighted by Gasteiger charge is 2.13. The molecule has 0 bridgehead atoms. The van der Waals surface area contributed by atoms with E-state index in [4.69, 9.17) is 4.52 Å². The Kier molecular flexibility index (Phi) is 9.17. The summed E-state index contributed by atoms with van der Waals surface area (Å²) < 4.78 is 5.41. The summed E-state index contributed by atoms with van der Waals surface area (Å²) in [7, 11) is 1.77. The quantitative estimate of drug-likeness (QED) is 0.186. The maximum Gasteiger partial charge on any atom is 0.191 e. The zero-order valence-electron chi connectivity index (χ0n) is 17.2. The number of hydrogen-bond acceptors (Lipinski definition) is 5. The Morgan fingerprint density at radius 3 is 2.62 bits per heavy atom. The number of benzene rings is 1. The van der Waals surface area contributed by atoms with Gasteiger partial charge in [0, 0.05) is 44.1 Å². The number of aromatic nitrogens is 2. The highest BCUT2D eigenvalue weighted by Crippen LogP contribution is 2.15.